The average molecular weight is 803 g/mol. The number of nitriles is 2. The highest BCUT2D eigenvalue weighted by Crippen LogP contribution is 2.58. The first kappa shape index (κ1) is 36.4. The van der Waals surface area contributed by atoms with E-state index in [9.17, 15) is 10.5 Å². The van der Waals surface area contributed by atoms with Crippen LogP contribution >= 0.6 is 0 Å². The van der Waals surface area contributed by atoms with Gasteiger partial charge in [0.05, 0.1) is 62.1 Å². The van der Waals surface area contributed by atoms with Crippen LogP contribution in [0.25, 0.3) is 77.2 Å². The van der Waals surface area contributed by atoms with Crippen LogP contribution in [0.15, 0.2) is 194 Å². The SMILES string of the molecule is Cc1cccc(C2(c3ccccc3)c3ccccc3-c3cc4c5ccccc5n(-c5c(-c6cc(C#N)ccc6-n6c7ccccc7c7ccccc76)ccc(C#N)c5C)c4cc32)c1. The van der Waals surface area contributed by atoms with Gasteiger partial charge < -0.3 is 9.13 Å². The maximum Gasteiger partial charge on any atom is 0.0995 e. The van der Waals surface area contributed by atoms with Gasteiger partial charge in [0, 0.05) is 32.7 Å². The number of fused-ring (bicyclic) bond motifs is 9. The van der Waals surface area contributed by atoms with Crippen LogP contribution in [0, 0.1) is 36.5 Å². The van der Waals surface area contributed by atoms with E-state index < -0.39 is 5.41 Å². The Morgan fingerprint density at radius 3 is 1.75 bits per heavy atom. The molecule has 1 aliphatic rings. The van der Waals surface area contributed by atoms with E-state index in [1.54, 1.807) is 0 Å². The van der Waals surface area contributed by atoms with Gasteiger partial charge in [0.1, 0.15) is 0 Å². The van der Waals surface area contributed by atoms with E-state index in [2.05, 4.69) is 211 Å². The Hall–Kier alpha value is -8.44. The lowest BCUT2D eigenvalue weighted by Crippen LogP contribution is -2.28. The Morgan fingerprint density at radius 1 is 0.413 bits per heavy atom. The van der Waals surface area contributed by atoms with Crippen LogP contribution in [-0.4, -0.2) is 9.13 Å². The van der Waals surface area contributed by atoms with Gasteiger partial charge in [0.25, 0.3) is 0 Å². The van der Waals surface area contributed by atoms with Crippen LogP contribution in [0.3, 0.4) is 0 Å². The Bertz CT molecular complexity index is 3740. The maximum absolute atomic E-state index is 10.7. The largest absolute Gasteiger partial charge is 0.309 e. The lowest BCUT2D eigenvalue weighted by molar-refractivity contribution is 0.768. The lowest BCUT2D eigenvalue weighted by atomic mass is 9.67. The molecular weight excluding hydrogens is 765 g/mol. The number of nitrogens with zero attached hydrogens (tertiary/aromatic N) is 4. The summed E-state index contributed by atoms with van der Waals surface area (Å²) in [4.78, 5) is 0. The fraction of sp³-hybridized carbons (Fsp3) is 0.0508. The lowest BCUT2D eigenvalue weighted by Gasteiger charge is -2.34. The second-order valence-electron chi connectivity index (χ2n) is 16.8. The summed E-state index contributed by atoms with van der Waals surface area (Å²) in [6.45, 7) is 4.24. The van der Waals surface area contributed by atoms with Gasteiger partial charge in [-0.05, 0) is 107 Å². The maximum atomic E-state index is 10.7. The second-order valence-corrected chi connectivity index (χ2v) is 16.8. The summed E-state index contributed by atoms with van der Waals surface area (Å²) in [6.07, 6.45) is 0. The molecule has 4 nitrogen and oxygen atoms in total. The minimum absolute atomic E-state index is 0.561. The van der Waals surface area contributed by atoms with Crippen molar-refractivity contribution in [2.75, 3.05) is 0 Å². The Balaban J connectivity index is 1.23. The highest BCUT2D eigenvalue weighted by atomic mass is 15.0. The molecular formula is C59H38N4. The molecule has 294 valence electrons. The molecule has 0 aliphatic heterocycles. The van der Waals surface area contributed by atoms with Crippen molar-refractivity contribution in [3.8, 4) is 45.8 Å². The zero-order chi connectivity index (χ0) is 42.4. The van der Waals surface area contributed by atoms with Crippen molar-refractivity contribution >= 4 is 43.6 Å². The second kappa shape index (κ2) is 13.8. The van der Waals surface area contributed by atoms with Crippen molar-refractivity contribution in [1.82, 2.24) is 9.13 Å². The van der Waals surface area contributed by atoms with Crippen molar-refractivity contribution < 1.29 is 0 Å². The molecule has 11 aromatic rings. The van der Waals surface area contributed by atoms with Gasteiger partial charge in [0.2, 0.25) is 0 Å². The molecule has 0 N–H and O–H groups in total. The molecule has 0 saturated carbocycles. The van der Waals surface area contributed by atoms with Crippen molar-refractivity contribution in [1.29, 1.82) is 10.5 Å². The third-order valence-electron chi connectivity index (χ3n) is 13.5. The number of hydrogen-bond acceptors (Lipinski definition) is 2. The monoisotopic (exact) mass is 802 g/mol. The summed E-state index contributed by atoms with van der Waals surface area (Å²) in [7, 11) is 0. The summed E-state index contributed by atoms with van der Waals surface area (Å²) in [5.41, 5.74) is 17.9. The summed E-state index contributed by atoms with van der Waals surface area (Å²) >= 11 is 0. The van der Waals surface area contributed by atoms with Crippen LogP contribution in [0.4, 0.5) is 0 Å². The van der Waals surface area contributed by atoms with Crippen molar-refractivity contribution in [3.63, 3.8) is 0 Å². The molecule has 1 unspecified atom stereocenters. The predicted molar refractivity (Wildman–Crippen MR) is 257 cm³/mol. The zero-order valence-electron chi connectivity index (χ0n) is 34.8. The molecule has 0 bridgehead atoms. The quantitative estimate of drug-likeness (QED) is 0.174. The standard InChI is InChI=1S/C59H38N4/c1-37-15-14-18-42(31-37)59(41-16-4-3-5-17-41)51-23-10-6-19-43(51)48-33-50-46-22-9-13-26-55(46)63(57(50)34-52(48)59)58-38(2)40(36-61)28-29-47(58)49-32-39(35-60)27-30-56(49)62-53-24-11-7-20-44(53)45-21-8-12-25-54(45)62/h3-34H,1-2H3. The van der Waals surface area contributed by atoms with Crippen LogP contribution in [-0.2, 0) is 5.41 Å². The fourth-order valence-electron chi connectivity index (χ4n) is 10.9. The summed E-state index contributed by atoms with van der Waals surface area (Å²) < 4.78 is 4.71. The van der Waals surface area contributed by atoms with Gasteiger partial charge in [-0.25, -0.2) is 0 Å². The molecule has 63 heavy (non-hydrogen) atoms. The summed E-state index contributed by atoms with van der Waals surface area (Å²) in [5.74, 6) is 0. The third kappa shape index (κ3) is 5.07. The van der Waals surface area contributed by atoms with Crippen molar-refractivity contribution in [3.05, 3.63) is 239 Å². The molecule has 0 spiro atoms. The number of rotatable bonds is 5. The van der Waals surface area contributed by atoms with Gasteiger partial charge in [-0.1, -0.05) is 145 Å². The molecule has 12 rings (SSSR count). The first-order valence-corrected chi connectivity index (χ1v) is 21.4. The molecule has 9 aromatic carbocycles. The number of hydrogen-bond donors (Lipinski definition) is 0. The fourth-order valence-corrected chi connectivity index (χ4v) is 10.9. The van der Waals surface area contributed by atoms with E-state index in [0.29, 0.717) is 11.1 Å². The molecule has 0 fully saturated rings. The smallest absolute Gasteiger partial charge is 0.0995 e. The molecule has 2 heterocycles. The molecule has 1 aliphatic carbocycles. The van der Waals surface area contributed by atoms with Gasteiger partial charge in [-0.2, -0.15) is 10.5 Å². The molecule has 0 radical (unpaired) electrons. The minimum Gasteiger partial charge on any atom is -0.309 e. The van der Waals surface area contributed by atoms with Crippen LogP contribution in [0.1, 0.15) is 44.5 Å². The minimum atomic E-state index is -0.605. The van der Waals surface area contributed by atoms with E-state index in [-0.39, 0.29) is 0 Å². The summed E-state index contributed by atoms with van der Waals surface area (Å²) in [6, 6.07) is 74.3. The van der Waals surface area contributed by atoms with Crippen molar-refractivity contribution in [2.45, 2.75) is 19.3 Å². The van der Waals surface area contributed by atoms with Crippen LogP contribution in [0.5, 0.6) is 0 Å². The summed E-state index contributed by atoms with van der Waals surface area (Å²) in [5, 5.41) is 25.8. The average Bonchev–Trinajstić information content (AvgIpc) is 3.94. The number of aromatic nitrogens is 2. The van der Waals surface area contributed by atoms with E-state index in [0.717, 1.165) is 71.7 Å². The van der Waals surface area contributed by atoms with E-state index >= 15 is 0 Å². The number of benzene rings is 9. The van der Waals surface area contributed by atoms with E-state index in [1.807, 2.05) is 18.2 Å². The zero-order valence-corrected chi connectivity index (χ0v) is 34.8. The Labute approximate surface area is 365 Å². The third-order valence-corrected chi connectivity index (χ3v) is 13.5. The Morgan fingerprint density at radius 2 is 1.05 bits per heavy atom. The van der Waals surface area contributed by atoms with Crippen molar-refractivity contribution in [2.24, 2.45) is 0 Å². The number of para-hydroxylation sites is 3. The van der Waals surface area contributed by atoms with Gasteiger partial charge in [0.15, 0.2) is 0 Å². The first-order valence-electron chi connectivity index (χ1n) is 21.4. The molecule has 1 atom stereocenters. The molecule has 4 heteroatoms. The highest BCUT2D eigenvalue weighted by Gasteiger charge is 2.46. The topological polar surface area (TPSA) is 57.4 Å². The van der Waals surface area contributed by atoms with Gasteiger partial charge in [-0.3, -0.25) is 0 Å². The number of aryl methyl sites for hydroxylation is 1. The van der Waals surface area contributed by atoms with Gasteiger partial charge >= 0.3 is 0 Å². The predicted octanol–water partition coefficient (Wildman–Crippen LogP) is 14.3. The molecule has 0 amide bonds. The highest BCUT2D eigenvalue weighted by molar-refractivity contribution is 6.13. The normalized spacial score (nSPS) is 14.2. The van der Waals surface area contributed by atoms with Gasteiger partial charge in [-0.15, -0.1) is 0 Å². The van der Waals surface area contributed by atoms with E-state index in [4.69, 9.17) is 0 Å². The Kier molecular flexibility index (Phi) is 7.97. The van der Waals surface area contributed by atoms with E-state index in [1.165, 1.54) is 38.9 Å². The van der Waals surface area contributed by atoms with Crippen LogP contribution < -0.4 is 0 Å². The first-order chi connectivity index (χ1) is 31.0. The molecule has 0 saturated heterocycles. The van der Waals surface area contributed by atoms with Crippen LogP contribution in [0.2, 0.25) is 0 Å². The molecule has 2 aromatic heterocycles.